The summed E-state index contributed by atoms with van der Waals surface area (Å²) in [5, 5.41) is 10.8. The van der Waals surface area contributed by atoms with E-state index in [0.717, 1.165) is 31.4 Å². The molecule has 1 aromatic rings. The number of fused-ring (bicyclic) bond motifs is 1. The number of hydrogen-bond acceptors (Lipinski definition) is 3. The van der Waals surface area contributed by atoms with Gasteiger partial charge in [0.15, 0.2) is 11.5 Å². The van der Waals surface area contributed by atoms with Crippen LogP contribution >= 0.6 is 0 Å². The van der Waals surface area contributed by atoms with Crippen LogP contribution in [0.5, 0.6) is 11.5 Å². The van der Waals surface area contributed by atoms with Crippen LogP contribution in [0.3, 0.4) is 0 Å². The molecule has 2 aliphatic carbocycles. The van der Waals surface area contributed by atoms with E-state index in [1.807, 2.05) is 6.07 Å². The van der Waals surface area contributed by atoms with Gasteiger partial charge >= 0.3 is 0 Å². The van der Waals surface area contributed by atoms with E-state index >= 15 is 0 Å². The maximum Gasteiger partial charge on any atom is 0.162 e. The van der Waals surface area contributed by atoms with E-state index in [9.17, 15) is 5.11 Å². The summed E-state index contributed by atoms with van der Waals surface area (Å²) in [6.45, 7) is 1.11. The molecule has 0 saturated carbocycles. The smallest absolute Gasteiger partial charge is 0.162 e. The number of phenols is 1. The predicted molar refractivity (Wildman–Crippen MR) is 83.0 cm³/mol. The summed E-state index contributed by atoms with van der Waals surface area (Å²) in [5.74, 6) is 0.997. The molecule has 3 aliphatic rings. The van der Waals surface area contributed by atoms with Crippen LogP contribution in [0.15, 0.2) is 23.8 Å². The summed E-state index contributed by atoms with van der Waals surface area (Å²) in [6, 6.07) is 4.59. The number of ether oxygens (including phenoxy) is 1. The third-order valence-corrected chi connectivity index (χ3v) is 5.85. The van der Waals surface area contributed by atoms with Gasteiger partial charge in [-0.25, -0.2) is 0 Å². The summed E-state index contributed by atoms with van der Waals surface area (Å²) in [7, 11) is 3.87. The van der Waals surface area contributed by atoms with E-state index in [2.05, 4.69) is 24.1 Å². The van der Waals surface area contributed by atoms with Crippen LogP contribution in [-0.2, 0) is 11.8 Å². The molecule has 1 fully saturated rings. The van der Waals surface area contributed by atoms with Crippen molar-refractivity contribution in [2.75, 3.05) is 20.7 Å². The van der Waals surface area contributed by atoms with Crippen LogP contribution in [0, 0.1) is 0 Å². The van der Waals surface area contributed by atoms with E-state index in [0.29, 0.717) is 17.5 Å². The quantitative estimate of drug-likeness (QED) is 0.805. The summed E-state index contributed by atoms with van der Waals surface area (Å²) in [6.07, 6.45) is 8.14. The van der Waals surface area contributed by atoms with E-state index in [-0.39, 0.29) is 5.41 Å². The zero-order valence-electron chi connectivity index (χ0n) is 12.9. The van der Waals surface area contributed by atoms with Crippen LogP contribution in [0.4, 0.5) is 0 Å². The van der Waals surface area contributed by atoms with E-state index in [4.69, 9.17) is 4.74 Å². The molecule has 1 N–H and O–H groups in total. The first-order valence-corrected chi connectivity index (χ1v) is 7.97. The van der Waals surface area contributed by atoms with Crippen molar-refractivity contribution in [3.05, 3.63) is 34.9 Å². The molecule has 1 aliphatic heterocycles. The maximum absolute atomic E-state index is 10.8. The fourth-order valence-corrected chi connectivity index (χ4v) is 4.84. The number of piperidine rings is 1. The second-order valence-corrected chi connectivity index (χ2v) is 6.73. The zero-order chi connectivity index (χ0) is 14.6. The molecule has 0 aromatic heterocycles. The maximum atomic E-state index is 10.8. The minimum Gasteiger partial charge on any atom is -0.504 e. The summed E-state index contributed by atoms with van der Waals surface area (Å²) in [5.41, 5.74) is 4.08. The standard InChI is InChI=1S/C18H23NO2/c1-19-10-9-18-8-4-3-5-13(18)14(19)11-12-6-7-15(21-2)17(20)16(12)18/h5-7,14,20H,3-4,8-11H2,1-2H3/t14-,18-/m0/s1. The van der Waals surface area contributed by atoms with Gasteiger partial charge in [-0.05, 0) is 62.9 Å². The molecular weight excluding hydrogens is 262 g/mol. The summed E-state index contributed by atoms with van der Waals surface area (Å²) in [4.78, 5) is 2.49. The third-order valence-electron chi connectivity index (χ3n) is 5.85. The highest BCUT2D eigenvalue weighted by atomic mass is 16.5. The lowest BCUT2D eigenvalue weighted by atomic mass is 9.56. The largest absolute Gasteiger partial charge is 0.504 e. The molecule has 0 spiro atoms. The van der Waals surface area contributed by atoms with Gasteiger partial charge in [0.05, 0.1) is 7.11 Å². The Bertz CT molecular complexity index is 622. The number of nitrogens with zero attached hydrogens (tertiary/aromatic N) is 1. The van der Waals surface area contributed by atoms with Gasteiger partial charge in [0, 0.05) is 17.0 Å². The lowest BCUT2D eigenvalue weighted by molar-refractivity contribution is 0.152. The summed E-state index contributed by atoms with van der Waals surface area (Å²) >= 11 is 0. The lowest BCUT2D eigenvalue weighted by Gasteiger charge is -2.54. The molecule has 1 heterocycles. The van der Waals surface area contributed by atoms with Crippen LogP contribution in [0.25, 0.3) is 0 Å². The van der Waals surface area contributed by atoms with Crippen LogP contribution in [0.1, 0.15) is 36.8 Å². The number of hydrogen-bond donors (Lipinski definition) is 1. The lowest BCUT2D eigenvalue weighted by Crippen LogP contribution is -2.54. The van der Waals surface area contributed by atoms with E-state index in [1.54, 1.807) is 12.7 Å². The Kier molecular flexibility index (Phi) is 2.83. The monoisotopic (exact) mass is 285 g/mol. The first kappa shape index (κ1) is 13.2. The second kappa shape index (κ2) is 4.51. The van der Waals surface area contributed by atoms with Crippen molar-refractivity contribution in [3.8, 4) is 11.5 Å². The SMILES string of the molecule is COc1ccc2c(c1O)[C@]13CCCC=C1[C@H](C2)N(C)CC3. The molecule has 21 heavy (non-hydrogen) atoms. The molecule has 2 atom stereocenters. The van der Waals surface area contributed by atoms with Crippen molar-refractivity contribution in [2.24, 2.45) is 0 Å². The Balaban J connectivity index is 1.99. The van der Waals surface area contributed by atoms with Gasteiger partial charge in [0.1, 0.15) is 0 Å². The number of likely N-dealkylation sites (tertiary alicyclic amines) is 1. The minimum atomic E-state index is 0.0572. The third kappa shape index (κ3) is 1.64. The van der Waals surface area contributed by atoms with Gasteiger partial charge in [0.2, 0.25) is 0 Å². The number of allylic oxidation sites excluding steroid dienone is 1. The van der Waals surface area contributed by atoms with Crippen molar-refractivity contribution in [1.82, 2.24) is 4.90 Å². The number of methoxy groups -OCH3 is 1. The van der Waals surface area contributed by atoms with Crippen molar-refractivity contribution in [2.45, 2.75) is 43.6 Å². The Morgan fingerprint density at radius 3 is 3.00 bits per heavy atom. The molecular formula is C18H23NO2. The normalized spacial score (nSPS) is 31.1. The van der Waals surface area contributed by atoms with Gasteiger partial charge < -0.3 is 9.84 Å². The molecule has 3 nitrogen and oxygen atoms in total. The van der Waals surface area contributed by atoms with E-state index in [1.165, 1.54) is 18.4 Å². The zero-order valence-corrected chi connectivity index (χ0v) is 12.9. The molecule has 1 aromatic carbocycles. The average Bonchev–Trinajstić information content (AvgIpc) is 2.51. The predicted octanol–water partition coefficient (Wildman–Crippen LogP) is 3.01. The molecule has 4 rings (SSSR count). The Morgan fingerprint density at radius 1 is 1.33 bits per heavy atom. The van der Waals surface area contributed by atoms with Crippen LogP contribution in [0.2, 0.25) is 0 Å². The van der Waals surface area contributed by atoms with Crippen molar-refractivity contribution < 1.29 is 9.84 Å². The highest BCUT2D eigenvalue weighted by Crippen LogP contribution is 2.56. The van der Waals surface area contributed by atoms with Gasteiger partial charge in [-0.15, -0.1) is 0 Å². The fraction of sp³-hybridized carbons (Fsp3) is 0.556. The second-order valence-electron chi connectivity index (χ2n) is 6.73. The molecule has 0 amide bonds. The number of likely N-dealkylation sites (N-methyl/N-ethyl adjacent to an activating group) is 1. The van der Waals surface area contributed by atoms with Crippen LogP contribution < -0.4 is 4.74 Å². The Labute approximate surface area is 126 Å². The Hall–Kier alpha value is -1.48. The molecule has 0 unspecified atom stereocenters. The molecule has 1 saturated heterocycles. The van der Waals surface area contributed by atoms with Gasteiger partial charge in [0.25, 0.3) is 0 Å². The van der Waals surface area contributed by atoms with Crippen molar-refractivity contribution >= 4 is 0 Å². The van der Waals surface area contributed by atoms with Gasteiger partial charge in [-0.2, -0.15) is 0 Å². The number of aromatic hydroxyl groups is 1. The van der Waals surface area contributed by atoms with E-state index < -0.39 is 0 Å². The number of phenolic OH excluding ortho intramolecular Hbond substituents is 1. The van der Waals surface area contributed by atoms with Crippen molar-refractivity contribution in [3.63, 3.8) is 0 Å². The topological polar surface area (TPSA) is 32.7 Å². The van der Waals surface area contributed by atoms with Crippen molar-refractivity contribution in [1.29, 1.82) is 0 Å². The fourth-order valence-electron chi connectivity index (χ4n) is 4.84. The Morgan fingerprint density at radius 2 is 2.19 bits per heavy atom. The van der Waals surface area contributed by atoms with Crippen LogP contribution in [-0.4, -0.2) is 36.8 Å². The number of rotatable bonds is 1. The number of benzene rings is 1. The molecule has 0 radical (unpaired) electrons. The van der Waals surface area contributed by atoms with Gasteiger partial charge in [-0.1, -0.05) is 12.1 Å². The average molecular weight is 285 g/mol. The highest BCUT2D eigenvalue weighted by molar-refractivity contribution is 5.61. The first-order valence-electron chi connectivity index (χ1n) is 7.97. The minimum absolute atomic E-state index is 0.0572. The summed E-state index contributed by atoms with van der Waals surface area (Å²) < 4.78 is 5.37. The molecule has 112 valence electrons. The highest BCUT2D eigenvalue weighted by Gasteiger charge is 2.50. The first-order chi connectivity index (χ1) is 10.2. The van der Waals surface area contributed by atoms with Gasteiger partial charge in [-0.3, -0.25) is 4.90 Å². The molecule has 2 bridgehead atoms. The molecule has 3 heteroatoms.